The fraction of sp³-hybridized carbons (Fsp3) is 0.286. The molecule has 8 nitrogen and oxygen atoms in total. The number of nitrogens with one attached hydrogen (secondary N) is 1. The zero-order valence-electron chi connectivity index (χ0n) is 16.8. The lowest BCUT2D eigenvalue weighted by Crippen LogP contribution is -2.42. The van der Waals surface area contributed by atoms with Crippen LogP contribution < -0.4 is 22.5 Å². The quantitative estimate of drug-likeness (QED) is 0.454. The van der Waals surface area contributed by atoms with E-state index in [1.807, 2.05) is 13.0 Å². The molecule has 0 bridgehead atoms. The molecule has 0 unspecified atom stereocenters. The molecule has 1 aromatic heterocycles. The van der Waals surface area contributed by atoms with Gasteiger partial charge in [0.1, 0.15) is 11.6 Å². The van der Waals surface area contributed by atoms with Crippen molar-refractivity contribution in [3.8, 4) is 11.8 Å². The third-order valence-electron chi connectivity index (χ3n) is 4.13. The Bertz CT molecular complexity index is 926. The van der Waals surface area contributed by atoms with Crippen molar-refractivity contribution in [2.45, 2.75) is 20.3 Å². The molecule has 2 heterocycles. The van der Waals surface area contributed by atoms with E-state index in [1.54, 1.807) is 30.2 Å². The van der Waals surface area contributed by atoms with Gasteiger partial charge in [0.25, 0.3) is 0 Å². The Labute approximate surface area is 171 Å². The average Bonchev–Trinajstić information content (AvgIpc) is 2.68. The van der Waals surface area contributed by atoms with Gasteiger partial charge in [-0.15, -0.1) is 0 Å². The maximum atomic E-state index is 12.0. The molecule has 7 N–H and O–H groups in total. The highest BCUT2D eigenvalue weighted by Gasteiger charge is 2.21. The number of nitrogens with zero attached hydrogens (tertiary/aromatic N) is 3. The number of rotatable bonds is 4. The molecule has 0 saturated heterocycles. The largest absolute Gasteiger partial charge is 0.401 e. The Morgan fingerprint density at radius 3 is 2.69 bits per heavy atom. The van der Waals surface area contributed by atoms with Crippen LogP contribution in [0.4, 0.5) is 10.6 Å². The van der Waals surface area contributed by atoms with E-state index in [-0.39, 0.29) is 11.9 Å². The Kier molecular flexibility index (Phi) is 7.43. The predicted octanol–water partition coefficient (Wildman–Crippen LogP) is 1.48. The average molecular weight is 393 g/mol. The molecule has 1 aliphatic rings. The first-order valence-electron chi connectivity index (χ1n) is 9.27. The summed E-state index contributed by atoms with van der Waals surface area (Å²) in [6, 6.07) is 3.37. The molecular weight excluding hydrogens is 366 g/mol. The van der Waals surface area contributed by atoms with Crippen molar-refractivity contribution in [3.63, 3.8) is 0 Å². The number of hydrogen-bond donors (Lipinski definition) is 4. The highest BCUT2D eigenvalue weighted by Crippen LogP contribution is 2.19. The van der Waals surface area contributed by atoms with Crippen molar-refractivity contribution in [1.82, 2.24) is 15.2 Å². The molecule has 0 aliphatic carbocycles. The van der Waals surface area contributed by atoms with E-state index in [1.165, 1.54) is 0 Å². The number of nitrogen functional groups attached to an aromatic ring is 1. The van der Waals surface area contributed by atoms with E-state index in [0.29, 0.717) is 54.4 Å². The van der Waals surface area contributed by atoms with Gasteiger partial charge < -0.3 is 27.4 Å². The van der Waals surface area contributed by atoms with Crippen LogP contribution in [0.5, 0.6) is 0 Å². The normalized spacial score (nSPS) is 14.9. The number of anilines is 1. The molecule has 8 heteroatoms. The first-order valence-corrected chi connectivity index (χ1v) is 9.27. The van der Waals surface area contributed by atoms with Gasteiger partial charge >= 0.3 is 6.03 Å². The number of carbonyl (C=O) groups excluding carboxylic acids is 1. The van der Waals surface area contributed by atoms with Crippen LogP contribution in [0.25, 0.3) is 0 Å². The Hall–Kier alpha value is -3.73. The zero-order valence-corrected chi connectivity index (χ0v) is 16.8. The van der Waals surface area contributed by atoms with E-state index in [2.05, 4.69) is 33.7 Å². The number of carbonyl (C=O) groups is 1. The highest BCUT2D eigenvalue weighted by atomic mass is 16.2. The molecule has 2 amide bonds. The number of hydrogen-bond acceptors (Lipinski definition) is 6. The molecule has 0 saturated carbocycles. The summed E-state index contributed by atoms with van der Waals surface area (Å²) in [6.07, 6.45) is 4.13. The van der Waals surface area contributed by atoms with Crippen LogP contribution >= 0.6 is 0 Å². The van der Waals surface area contributed by atoms with E-state index in [0.717, 1.165) is 5.57 Å². The number of aromatic nitrogens is 1. The van der Waals surface area contributed by atoms with Crippen molar-refractivity contribution >= 4 is 17.6 Å². The maximum Gasteiger partial charge on any atom is 0.317 e. The van der Waals surface area contributed by atoms with Gasteiger partial charge in [0.15, 0.2) is 0 Å². The number of pyridine rings is 1. The van der Waals surface area contributed by atoms with Crippen molar-refractivity contribution in [2.24, 2.45) is 16.5 Å². The van der Waals surface area contributed by atoms with Crippen LogP contribution in [0.2, 0.25) is 0 Å². The summed E-state index contributed by atoms with van der Waals surface area (Å²) in [5, 5.41) is 2.80. The molecule has 1 aliphatic heterocycles. The predicted molar refractivity (Wildman–Crippen MR) is 117 cm³/mol. The smallest absolute Gasteiger partial charge is 0.317 e. The molecule has 1 aromatic rings. The zero-order chi connectivity index (χ0) is 21.4. The summed E-state index contributed by atoms with van der Waals surface area (Å²) in [5.74, 6) is 6.68. The lowest BCUT2D eigenvalue weighted by atomic mass is 9.95. The number of urea groups is 1. The summed E-state index contributed by atoms with van der Waals surface area (Å²) >= 11 is 0. The van der Waals surface area contributed by atoms with Crippen LogP contribution in [0.1, 0.15) is 25.8 Å². The lowest BCUT2D eigenvalue weighted by molar-refractivity contribution is 0.203. The van der Waals surface area contributed by atoms with E-state index in [4.69, 9.17) is 17.2 Å². The first-order chi connectivity index (χ1) is 13.8. The molecule has 2 rings (SSSR count). The number of aliphatic imine (C=N–C) groups is 1. The summed E-state index contributed by atoms with van der Waals surface area (Å²) < 4.78 is 0. The van der Waals surface area contributed by atoms with Gasteiger partial charge in [-0.2, -0.15) is 0 Å². The maximum absolute atomic E-state index is 12.0. The monoisotopic (exact) mass is 393 g/mol. The van der Waals surface area contributed by atoms with Gasteiger partial charge in [-0.05, 0) is 38.0 Å². The van der Waals surface area contributed by atoms with Gasteiger partial charge in [0, 0.05) is 37.1 Å². The summed E-state index contributed by atoms with van der Waals surface area (Å²) in [6.45, 7) is 8.92. The molecular formula is C21H27N7O. The van der Waals surface area contributed by atoms with E-state index >= 15 is 0 Å². The Balaban J connectivity index is 2.36. The molecule has 0 aromatic carbocycles. The molecule has 0 radical (unpaired) electrons. The minimum Gasteiger partial charge on any atom is -0.401 e. The van der Waals surface area contributed by atoms with E-state index in [9.17, 15) is 4.79 Å². The minimum absolute atomic E-state index is 0.0917. The number of nitrogens with two attached hydrogens (primary N) is 3. The third kappa shape index (κ3) is 6.14. The summed E-state index contributed by atoms with van der Waals surface area (Å²) in [5.41, 5.74) is 20.7. The van der Waals surface area contributed by atoms with Crippen LogP contribution in [0.15, 0.2) is 58.6 Å². The summed E-state index contributed by atoms with van der Waals surface area (Å²) in [4.78, 5) is 22.2. The number of amides is 2. The van der Waals surface area contributed by atoms with Gasteiger partial charge in [-0.1, -0.05) is 24.5 Å². The van der Waals surface area contributed by atoms with Crippen molar-refractivity contribution in [1.29, 1.82) is 0 Å². The molecule has 29 heavy (non-hydrogen) atoms. The molecule has 152 valence electrons. The topological polar surface area (TPSA) is 136 Å². The molecule has 0 spiro atoms. The van der Waals surface area contributed by atoms with E-state index < -0.39 is 0 Å². The first kappa shape index (κ1) is 21.6. The van der Waals surface area contributed by atoms with Gasteiger partial charge in [-0.3, -0.25) is 0 Å². The second kappa shape index (κ2) is 9.99. The van der Waals surface area contributed by atoms with Crippen LogP contribution in [0, 0.1) is 11.8 Å². The van der Waals surface area contributed by atoms with Gasteiger partial charge in [0.05, 0.1) is 11.3 Å². The van der Waals surface area contributed by atoms with Gasteiger partial charge in [0.2, 0.25) is 0 Å². The van der Waals surface area contributed by atoms with Crippen molar-refractivity contribution in [3.05, 3.63) is 59.2 Å². The van der Waals surface area contributed by atoms with Crippen molar-refractivity contribution in [2.75, 3.05) is 25.4 Å². The Morgan fingerprint density at radius 1 is 1.41 bits per heavy atom. The van der Waals surface area contributed by atoms with Crippen LogP contribution in [-0.4, -0.2) is 41.3 Å². The fourth-order valence-electron chi connectivity index (χ4n) is 2.72. The SMILES string of the molecule is C=C(N)/N=C(C1=CCN(C(=O)NCC)CC1)\C(C#Cc1ccc(N)nc1)=C(\C)N. The second-order valence-corrected chi connectivity index (χ2v) is 6.49. The fourth-order valence-corrected chi connectivity index (χ4v) is 2.72. The summed E-state index contributed by atoms with van der Waals surface area (Å²) in [7, 11) is 0. The third-order valence-corrected chi connectivity index (χ3v) is 4.13. The minimum atomic E-state index is -0.0917. The lowest BCUT2D eigenvalue weighted by Gasteiger charge is -2.27. The highest BCUT2D eigenvalue weighted by molar-refractivity contribution is 6.16. The molecule has 0 atom stereocenters. The van der Waals surface area contributed by atoms with Crippen LogP contribution in [0.3, 0.4) is 0 Å². The second-order valence-electron chi connectivity index (χ2n) is 6.49. The molecule has 0 fully saturated rings. The Morgan fingerprint density at radius 2 is 2.17 bits per heavy atom. The van der Waals surface area contributed by atoms with Gasteiger partial charge in [-0.25, -0.2) is 14.8 Å². The number of allylic oxidation sites excluding steroid dienone is 2. The van der Waals surface area contributed by atoms with Crippen LogP contribution in [-0.2, 0) is 0 Å². The standard InChI is InChI=1S/C21H27N7O/c1-4-25-21(29)28-11-9-17(10-12-28)20(27-15(3)23)18(14(2)22)7-5-16-6-8-19(24)26-13-16/h6,8-9,13H,3-4,10-12,22-23H2,1-2H3,(H2,24,26)(H,25,29)/b18-14-,27-20-. The van der Waals surface area contributed by atoms with Crippen molar-refractivity contribution < 1.29 is 4.79 Å².